The zero-order valence-corrected chi connectivity index (χ0v) is 73.6. The monoisotopic (exact) mass is 1530 g/mol. The summed E-state index contributed by atoms with van der Waals surface area (Å²) in [5.41, 5.74) is 10.4. The quantitative estimate of drug-likeness (QED) is 0.112. The number of anilines is 8. The molecular formula is C87H136N18P3+5. The number of hydrogen-bond acceptors (Lipinski definition) is 16. The summed E-state index contributed by atoms with van der Waals surface area (Å²) in [6.45, 7) is 40.6. The van der Waals surface area contributed by atoms with Gasteiger partial charge in [-0.3, -0.25) is 10.0 Å². The van der Waals surface area contributed by atoms with E-state index >= 15 is 0 Å². The van der Waals surface area contributed by atoms with Gasteiger partial charge in [-0.1, -0.05) is 66.7 Å². The first-order valence-corrected chi connectivity index (χ1v) is 48.6. The molecule has 0 spiro atoms. The fraction of sp³-hybridized carbons (Fsp3) is 0.471. The van der Waals surface area contributed by atoms with E-state index in [1.165, 1.54) is 82.3 Å². The van der Waals surface area contributed by atoms with Gasteiger partial charge in [0.2, 0.25) is 0 Å². The molecule has 1 saturated heterocycles. The largest absolute Gasteiger partial charge is 0.359 e. The summed E-state index contributed by atoms with van der Waals surface area (Å²) in [4.78, 5) is 32.4. The molecule has 0 bridgehead atoms. The first kappa shape index (κ1) is 83.7. The van der Waals surface area contributed by atoms with E-state index in [-0.39, 0.29) is 14.5 Å². The zero-order valence-electron chi connectivity index (χ0n) is 71.0. The molecule has 10 aliphatic heterocycles. The molecule has 12 heterocycles. The highest BCUT2D eigenvalue weighted by Crippen LogP contribution is 2.59. The number of hydrazine groups is 1. The second-order valence-electron chi connectivity index (χ2n) is 33.3. The SMILES string of the molecule is CC1N(C)C=C2C=CC3=CN(C)C(C)N3N21.CC1N(C)C=CN1CN1C=CN(C)C1C.CC1N(C)C=CN1c1cccc[n+]1C.CC1N(C)c2ccccc2N1CN1c2ccccc2N(C)C1C.CC1N(C)c2ccccc2N1c1cccc[n+]1C.C[P+](C)(C)C.C[P+](C)(C)C.C[P+]1(c2ccccc2)CCCC1. The van der Waals surface area contributed by atoms with Gasteiger partial charge in [-0.2, -0.15) is 0 Å². The number of aryl methyl sites for hydroxylation is 2. The Morgan fingerprint density at radius 2 is 0.713 bits per heavy atom. The summed E-state index contributed by atoms with van der Waals surface area (Å²) in [5.74, 6) is 2.42. The van der Waals surface area contributed by atoms with Crippen molar-refractivity contribution < 1.29 is 9.13 Å². The molecule has 2 aromatic heterocycles. The number of pyridine rings is 2. The third-order valence-corrected chi connectivity index (χ3v) is 26.2. The topological polar surface area (TPSA) is 59.6 Å². The molecule has 21 heteroatoms. The summed E-state index contributed by atoms with van der Waals surface area (Å²) >= 11 is 0. The van der Waals surface area contributed by atoms with Crippen LogP contribution in [0.4, 0.5) is 45.8 Å². The van der Waals surface area contributed by atoms with E-state index in [4.69, 9.17) is 0 Å². The number of rotatable bonds is 7. The van der Waals surface area contributed by atoms with Crippen molar-refractivity contribution in [3.8, 4) is 0 Å². The smallest absolute Gasteiger partial charge is 0.283 e. The number of fused-ring (bicyclic) bond motifs is 6. The van der Waals surface area contributed by atoms with E-state index in [0.717, 1.165) is 13.3 Å². The maximum absolute atomic E-state index is 2.51. The molecule has 0 saturated carbocycles. The van der Waals surface area contributed by atoms with Gasteiger partial charge < -0.3 is 58.8 Å². The van der Waals surface area contributed by atoms with Crippen LogP contribution >= 0.6 is 21.8 Å². The first-order valence-electron chi connectivity index (χ1n) is 38.8. The van der Waals surface area contributed by atoms with Gasteiger partial charge in [-0.25, -0.2) is 18.9 Å². The lowest BCUT2D eigenvalue weighted by Crippen LogP contribution is -2.52. The molecule has 10 aliphatic rings. The van der Waals surface area contributed by atoms with Crippen LogP contribution in [0.3, 0.4) is 0 Å². The normalized spacial score (nSPS) is 22.8. The molecule has 0 amide bonds. The average molecular weight is 1530 g/mol. The highest BCUT2D eigenvalue weighted by Gasteiger charge is 2.42. The van der Waals surface area contributed by atoms with E-state index < -0.39 is 7.26 Å². The second-order valence-corrected chi connectivity index (χ2v) is 48.3. The van der Waals surface area contributed by atoms with Gasteiger partial charge in [0.15, 0.2) is 18.0 Å². The van der Waals surface area contributed by atoms with Crippen LogP contribution < -0.4 is 48.7 Å². The van der Waals surface area contributed by atoms with Crippen molar-refractivity contribution >= 4 is 72.9 Å². The third-order valence-electron chi connectivity index (χ3n) is 22.1. The molecule has 0 N–H and O–H groups in total. The number of nitrogens with zero attached hydrogens (tertiary/aromatic N) is 18. The molecule has 16 rings (SSSR count). The lowest BCUT2D eigenvalue weighted by Gasteiger charge is -2.43. The Bertz CT molecular complexity index is 3940. The van der Waals surface area contributed by atoms with Gasteiger partial charge in [0, 0.05) is 187 Å². The minimum atomic E-state index is -0.672. The minimum Gasteiger partial charge on any atom is -0.359 e. The Labute approximate surface area is 655 Å². The number of benzene rings is 4. The summed E-state index contributed by atoms with van der Waals surface area (Å²) in [5, 5.41) is 6.36. The molecule has 18 nitrogen and oxygen atoms in total. The number of hydrogen-bond donors (Lipinski definition) is 0. The Kier molecular flexibility index (Phi) is 27.9. The third kappa shape index (κ3) is 20.0. The number of para-hydroxylation sites is 6. The highest BCUT2D eigenvalue weighted by atomic mass is 31.2. The Balaban J connectivity index is 0.000000147. The van der Waals surface area contributed by atoms with Crippen molar-refractivity contribution in [1.82, 2.24) is 44.3 Å². The zero-order chi connectivity index (χ0) is 78.9. The fourth-order valence-electron chi connectivity index (χ4n) is 14.6. The lowest BCUT2D eigenvalue weighted by molar-refractivity contribution is -0.658. The van der Waals surface area contributed by atoms with Crippen LogP contribution in [0.5, 0.6) is 0 Å². The number of allylic oxidation sites excluding steroid dienone is 2. The van der Waals surface area contributed by atoms with E-state index in [9.17, 15) is 0 Å². The van der Waals surface area contributed by atoms with Crippen molar-refractivity contribution in [2.45, 2.75) is 118 Å². The maximum atomic E-state index is 2.51. The Hall–Kier alpha value is -8.29. The van der Waals surface area contributed by atoms with Gasteiger partial charge in [0.25, 0.3) is 11.6 Å². The molecule has 0 aliphatic carbocycles. The molecule has 8 unspecified atom stereocenters. The Morgan fingerprint density at radius 1 is 0.361 bits per heavy atom. The van der Waals surface area contributed by atoms with Gasteiger partial charge in [0.1, 0.15) is 30.9 Å². The van der Waals surface area contributed by atoms with Crippen LogP contribution in [0.15, 0.2) is 225 Å². The van der Waals surface area contributed by atoms with Crippen LogP contribution in [-0.2, 0) is 14.1 Å². The van der Waals surface area contributed by atoms with E-state index in [0.29, 0.717) is 49.3 Å². The summed E-state index contributed by atoms with van der Waals surface area (Å²) < 4.78 is 4.28. The lowest BCUT2D eigenvalue weighted by atomic mass is 10.2. The van der Waals surface area contributed by atoms with E-state index in [2.05, 4.69) is 481 Å². The molecule has 0 radical (unpaired) electrons. The molecule has 8 atom stereocenters. The summed E-state index contributed by atoms with van der Waals surface area (Å²) in [6, 6.07) is 49.6. The van der Waals surface area contributed by atoms with Crippen LogP contribution in [0.2, 0.25) is 0 Å². The van der Waals surface area contributed by atoms with Crippen LogP contribution in [-0.4, -0.2) is 236 Å². The van der Waals surface area contributed by atoms with Crippen molar-refractivity contribution in [1.29, 1.82) is 0 Å². The van der Waals surface area contributed by atoms with Crippen LogP contribution in [0.25, 0.3) is 0 Å². The van der Waals surface area contributed by atoms with E-state index in [1.807, 2.05) is 6.07 Å². The molecule has 584 valence electrons. The summed E-state index contributed by atoms with van der Waals surface area (Å²) in [7, 11) is 19.7. The van der Waals surface area contributed by atoms with E-state index in [1.54, 1.807) is 5.30 Å². The molecule has 108 heavy (non-hydrogen) atoms. The van der Waals surface area contributed by atoms with Crippen molar-refractivity contribution in [3.63, 3.8) is 0 Å². The van der Waals surface area contributed by atoms with Crippen molar-refractivity contribution in [2.75, 3.05) is 176 Å². The predicted molar refractivity (Wildman–Crippen MR) is 473 cm³/mol. The summed E-state index contributed by atoms with van der Waals surface area (Å²) in [6.07, 6.45) is 34.7. The van der Waals surface area contributed by atoms with Crippen molar-refractivity contribution in [2.24, 2.45) is 14.1 Å². The van der Waals surface area contributed by atoms with Gasteiger partial charge in [-0.05, 0) is 141 Å². The minimum absolute atomic E-state index is 0.330. The molecule has 4 aromatic carbocycles. The predicted octanol–water partition coefficient (Wildman–Crippen LogP) is 15.3. The molecule has 6 aromatic rings. The Morgan fingerprint density at radius 3 is 1.10 bits per heavy atom. The second kappa shape index (κ2) is 36.0. The van der Waals surface area contributed by atoms with Gasteiger partial charge in [-0.15, -0.1) is 0 Å². The molecule has 1 fully saturated rings. The first-order chi connectivity index (χ1) is 51.0. The molecular weight excluding hydrogens is 1390 g/mol. The van der Waals surface area contributed by atoms with Crippen LogP contribution in [0, 0.1) is 0 Å². The van der Waals surface area contributed by atoms with Gasteiger partial charge in [0.05, 0.1) is 116 Å². The number of aromatic nitrogens is 2. The maximum Gasteiger partial charge on any atom is 0.283 e. The average Bonchev–Trinajstić information content (AvgIpc) is 1.61. The van der Waals surface area contributed by atoms with Gasteiger partial charge >= 0.3 is 0 Å². The highest BCUT2D eigenvalue weighted by molar-refractivity contribution is 7.82. The standard InChI is InChI=1S/C19H24N4.C15H18N3.C12H18N4.C11H20N4.C11H16N3.C11H16P.2C4H12P/c1-14-20(3)16-9-5-7-11-18(16)22(14)13-23-15(2)21(4)17-10-6-8-12-19(17)23;1-12-17(3)13-8-4-5-9-14(13)18(12)15-10-6-7-11-16(15)2;1-9-13(3)7-11-5-6-12-8-14(4)10(2)16(12)15(9)11;1-10-12(3)5-7-14(10)9-15-8-6-13(4)11(15)2;1-10-12(2)8-9-14(10)11-6-4-5-7-13(11)3;1-12(9-5-6-10-12)11-7-3-2-4-8-11;2*1-5(2,3)4/h5-12,14-15H,13H2,1-4H3;4-12H,1-3H3;5-10H,1-4H3;5-8,10-11H,9H2,1-4H3;4-10H,1-3H3;2-4,7-8H,5-6,9-10H2,1H3;2*1-4H3/q;+1;;;4*+1. The van der Waals surface area contributed by atoms with Crippen LogP contribution in [0.1, 0.15) is 68.2 Å². The van der Waals surface area contributed by atoms with Crippen molar-refractivity contribution in [3.05, 3.63) is 225 Å². The fourth-order valence-corrected chi connectivity index (χ4v) is 18.0.